The number of ether oxygens (including phenoxy) is 1. The maximum absolute atomic E-state index is 14.0. The van der Waals surface area contributed by atoms with Gasteiger partial charge in [-0.1, -0.05) is 51.1 Å². The van der Waals surface area contributed by atoms with Crippen molar-refractivity contribution in [3.8, 4) is 11.5 Å². The largest absolute Gasteiger partial charge is 0.454 e. The van der Waals surface area contributed by atoms with Gasteiger partial charge in [0, 0.05) is 11.1 Å². The normalized spacial score (nSPS) is 11.4. The summed E-state index contributed by atoms with van der Waals surface area (Å²) < 4.78 is 19.8. The molecule has 1 nitrogen and oxygen atoms in total. The first-order valence-electron chi connectivity index (χ1n) is 6.54. The Labute approximate surface area is 124 Å². The van der Waals surface area contributed by atoms with Crippen molar-refractivity contribution in [3.05, 3.63) is 59.4 Å². The minimum Gasteiger partial charge on any atom is -0.454 e. The number of halogens is 2. The number of para-hydroxylation sites is 2. The van der Waals surface area contributed by atoms with Crippen LogP contribution >= 0.6 is 11.6 Å². The second kappa shape index (κ2) is 5.84. The molecule has 0 aromatic heterocycles. The van der Waals surface area contributed by atoms with Gasteiger partial charge in [0.25, 0.3) is 0 Å². The lowest BCUT2D eigenvalue weighted by Crippen LogP contribution is -2.12. The van der Waals surface area contributed by atoms with Crippen LogP contribution in [0, 0.1) is 5.82 Å². The van der Waals surface area contributed by atoms with Crippen LogP contribution in [0.4, 0.5) is 4.39 Å². The first-order valence-corrected chi connectivity index (χ1v) is 7.07. The number of benzene rings is 2. The molecule has 20 heavy (non-hydrogen) atoms. The van der Waals surface area contributed by atoms with E-state index >= 15 is 0 Å². The Bertz CT molecular complexity index is 602. The molecule has 2 aromatic carbocycles. The Kier molecular flexibility index (Phi) is 4.34. The molecule has 0 unspecified atom stereocenters. The fourth-order valence-electron chi connectivity index (χ4n) is 2.06. The van der Waals surface area contributed by atoms with Gasteiger partial charge in [-0.2, -0.15) is 0 Å². The van der Waals surface area contributed by atoms with E-state index < -0.39 is 5.82 Å². The lowest BCUT2D eigenvalue weighted by atomic mass is 9.86. The Morgan fingerprint density at radius 1 is 1.05 bits per heavy atom. The van der Waals surface area contributed by atoms with Crippen LogP contribution in [0.2, 0.25) is 0 Å². The van der Waals surface area contributed by atoms with Gasteiger partial charge >= 0.3 is 0 Å². The van der Waals surface area contributed by atoms with Crippen molar-refractivity contribution in [2.24, 2.45) is 0 Å². The summed E-state index contributed by atoms with van der Waals surface area (Å²) in [5.41, 5.74) is 1.60. The van der Waals surface area contributed by atoms with E-state index in [0.717, 1.165) is 5.56 Å². The minimum atomic E-state index is -0.396. The molecule has 0 aliphatic heterocycles. The van der Waals surface area contributed by atoms with Crippen LogP contribution in [0.25, 0.3) is 0 Å². The van der Waals surface area contributed by atoms with Gasteiger partial charge in [0.15, 0.2) is 11.6 Å². The molecule has 0 spiro atoms. The van der Waals surface area contributed by atoms with Crippen molar-refractivity contribution in [1.29, 1.82) is 0 Å². The van der Waals surface area contributed by atoms with Crippen LogP contribution in [0.15, 0.2) is 42.5 Å². The van der Waals surface area contributed by atoms with Crippen LogP contribution < -0.4 is 4.74 Å². The highest BCUT2D eigenvalue weighted by Crippen LogP contribution is 2.36. The second-order valence-corrected chi connectivity index (χ2v) is 5.98. The molecule has 0 aliphatic rings. The maximum atomic E-state index is 14.0. The molecule has 2 aromatic rings. The number of rotatable bonds is 3. The fraction of sp³-hybridized carbons (Fsp3) is 0.294. The standard InChI is InChI=1S/C17H18ClFO/c1-17(2,3)13-8-4-5-10-15(13)20-16-12(11-18)7-6-9-14(16)19/h4-10H,11H2,1-3H3. The Morgan fingerprint density at radius 2 is 1.75 bits per heavy atom. The monoisotopic (exact) mass is 292 g/mol. The van der Waals surface area contributed by atoms with Crippen molar-refractivity contribution in [2.45, 2.75) is 32.1 Å². The summed E-state index contributed by atoms with van der Waals surface area (Å²) in [6.07, 6.45) is 0. The quantitative estimate of drug-likeness (QED) is 0.664. The molecule has 0 amide bonds. The summed E-state index contributed by atoms with van der Waals surface area (Å²) in [7, 11) is 0. The number of hydrogen-bond donors (Lipinski definition) is 0. The average molecular weight is 293 g/mol. The van der Waals surface area contributed by atoms with E-state index in [-0.39, 0.29) is 17.0 Å². The molecular formula is C17H18ClFO. The predicted octanol–water partition coefficient (Wildman–Crippen LogP) is 5.65. The molecule has 0 fully saturated rings. The zero-order valence-corrected chi connectivity index (χ0v) is 12.7. The maximum Gasteiger partial charge on any atom is 0.167 e. The number of hydrogen-bond acceptors (Lipinski definition) is 1. The lowest BCUT2D eigenvalue weighted by molar-refractivity contribution is 0.421. The molecule has 2 rings (SSSR count). The first kappa shape index (κ1) is 14.9. The van der Waals surface area contributed by atoms with E-state index in [9.17, 15) is 4.39 Å². The molecule has 0 aliphatic carbocycles. The van der Waals surface area contributed by atoms with Crippen LogP contribution in [0.3, 0.4) is 0 Å². The van der Waals surface area contributed by atoms with E-state index in [2.05, 4.69) is 20.8 Å². The molecule has 0 radical (unpaired) electrons. The lowest BCUT2D eigenvalue weighted by Gasteiger charge is -2.23. The summed E-state index contributed by atoms with van der Waals surface area (Å²) >= 11 is 5.85. The van der Waals surface area contributed by atoms with Gasteiger partial charge in [-0.3, -0.25) is 0 Å². The molecule has 3 heteroatoms. The third kappa shape index (κ3) is 3.13. The second-order valence-electron chi connectivity index (χ2n) is 5.71. The van der Waals surface area contributed by atoms with E-state index in [1.165, 1.54) is 6.07 Å². The van der Waals surface area contributed by atoms with Crippen molar-refractivity contribution >= 4 is 11.6 Å². The summed E-state index contributed by atoms with van der Waals surface area (Å²) in [6, 6.07) is 12.5. The molecule has 0 bridgehead atoms. The van der Waals surface area contributed by atoms with Crippen LogP contribution in [0.5, 0.6) is 11.5 Å². The predicted molar refractivity (Wildman–Crippen MR) is 81.2 cm³/mol. The van der Waals surface area contributed by atoms with Gasteiger partial charge in [0.2, 0.25) is 0 Å². The van der Waals surface area contributed by atoms with E-state index in [1.54, 1.807) is 12.1 Å². The molecule has 0 N–H and O–H groups in total. The fourth-order valence-corrected chi connectivity index (χ4v) is 2.27. The molecule has 0 saturated heterocycles. The van der Waals surface area contributed by atoms with Gasteiger partial charge in [0.05, 0.1) is 5.88 Å². The summed E-state index contributed by atoms with van der Waals surface area (Å²) in [4.78, 5) is 0. The summed E-state index contributed by atoms with van der Waals surface area (Å²) in [5, 5.41) is 0. The topological polar surface area (TPSA) is 9.23 Å². The summed E-state index contributed by atoms with van der Waals surface area (Å²) in [5.74, 6) is 0.688. The van der Waals surface area contributed by atoms with Crippen molar-refractivity contribution in [3.63, 3.8) is 0 Å². The third-order valence-electron chi connectivity index (χ3n) is 3.10. The van der Waals surface area contributed by atoms with Crippen molar-refractivity contribution < 1.29 is 9.13 Å². The zero-order chi connectivity index (χ0) is 14.8. The zero-order valence-electron chi connectivity index (χ0n) is 11.9. The van der Waals surface area contributed by atoms with Gasteiger partial charge in [-0.05, 0) is 17.5 Å². The van der Waals surface area contributed by atoms with Crippen LogP contribution in [0.1, 0.15) is 31.9 Å². The van der Waals surface area contributed by atoms with Gasteiger partial charge in [0.1, 0.15) is 5.75 Å². The van der Waals surface area contributed by atoms with E-state index in [4.69, 9.17) is 16.3 Å². The third-order valence-corrected chi connectivity index (χ3v) is 3.39. The highest BCUT2D eigenvalue weighted by molar-refractivity contribution is 6.17. The van der Waals surface area contributed by atoms with Crippen LogP contribution in [-0.2, 0) is 11.3 Å². The highest BCUT2D eigenvalue weighted by atomic mass is 35.5. The molecule has 0 atom stereocenters. The molecule has 106 valence electrons. The van der Waals surface area contributed by atoms with Crippen LogP contribution in [-0.4, -0.2) is 0 Å². The smallest absolute Gasteiger partial charge is 0.167 e. The average Bonchev–Trinajstić information content (AvgIpc) is 2.40. The Hall–Kier alpha value is -1.54. The van der Waals surface area contributed by atoms with Gasteiger partial charge in [-0.15, -0.1) is 11.6 Å². The SMILES string of the molecule is CC(C)(C)c1ccccc1Oc1c(F)cccc1CCl. The minimum absolute atomic E-state index is 0.0804. The van der Waals surface area contributed by atoms with E-state index in [1.807, 2.05) is 24.3 Å². The first-order chi connectivity index (χ1) is 9.43. The van der Waals surface area contributed by atoms with Crippen molar-refractivity contribution in [1.82, 2.24) is 0 Å². The Morgan fingerprint density at radius 3 is 2.40 bits per heavy atom. The molecule has 0 heterocycles. The van der Waals surface area contributed by atoms with Gasteiger partial charge in [-0.25, -0.2) is 4.39 Å². The summed E-state index contributed by atoms with van der Waals surface area (Å²) in [6.45, 7) is 6.29. The molecule has 0 saturated carbocycles. The van der Waals surface area contributed by atoms with E-state index in [0.29, 0.717) is 11.3 Å². The molecular weight excluding hydrogens is 275 g/mol. The van der Waals surface area contributed by atoms with Crippen molar-refractivity contribution in [2.75, 3.05) is 0 Å². The Balaban J connectivity index is 2.46. The highest BCUT2D eigenvalue weighted by Gasteiger charge is 2.20. The van der Waals surface area contributed by atoms with Gasteiger partial charge < -0.3 is 4.74 Å². The number of alkyl halides is 1.